The summed E-state index contributed by atoms with van der Waals surface area (Å²) in [5.74, 6) is 1.56. The third-order valence-electron chi connectivity index (χ3n) is 4.26. The van der Waals surface area contributed by atoms with Gasteiger partial charge in [-0.1, -0.05) is 37.5 Å². The maximum Gasteiger partial charge on any atom is 0.246 e. The third kappa shape index (κ3) is 4.90. The minimum Gasteiger partial charge on any atom is -0.493 e. The van der Waals surface area contributed by atoms with Crippen LogP contribution in [0.2, 0.25) is 0 Å². The summed E-state index contributed by atoms with van der Waals surface area (Å²) < 4.78 is 5.58. The van der Waals surface area contributed by atoms with Crippen LogP contribution in [0.25, 0.3) is 6.08 Å². The van der Waals surface area contributed by atoms with Crippen LogP contribution in [-0.2, 0) is 4.79 Å². The van der Waals surface area contributed by atoms with Crippen molar-refractivity contribution in [3.05, 3.63) is 35.9 Å². The molecule has 0 unspecified atom stereocenters. The normalized spacial score (nSPS) is 15.9. The maximum atomic E-state index is 12.3. The number of amides is 1. The molecule has 1 aromatic carbocycles. The van der Waals surface area contributed by atoms with E-state index in [0.717, 1.165) is 17.9 Å². The molecule has 0 saturated heterocycles. The Bertz CT molecular complexity index is 504. The molecule has 0 radical (unpaired) electrons. The van der Waals surface area contributed by atoms with Crippen molar-refractivity contribution in [2.75, 3.05) is 20.2 Å². The number of hydrogen-bond donors (Lipinski definition) is 0. The highest BCUT2D eigenvalue weighted by atomic mass is 16.5. The molecular formula is C19H27NO2. The van der Waals surface area contributed by atoms with Gasteiger partial charge in [-0.05, 0) is 37.8 Å². The molecule has 1 fully saturated rings. The molecule has 0 heterocycles. The van der Waals surface area contributed by atoms with Crippen molar-refractivity contribution in [2.45, 2.75) is 39.0 Å². The Labute approximate surface area is 134 Å². The largest absolute Gasteiger partial charge is 0.493 e. The molecule has 1 amide bonds. The fraction of sp³-hybridized carbons (Fsp3) is 0.526. The van der Waals surface area contributed by atoms with Gasteiger partial charge in [-0.2, -0.15) is 0 Å². The molecule has 2 rings (SSSR count). The number of nitrogens with zero attached hydrogens (tertiary/aromatic N) is 1. The van der Waals surface area contributed by atoms with E-state index in [2.05, 4.69) is 0 Å². The molecule has 0 atom stereocenters. The zero-order valence-electron chi connectivity index (χ0n) is 13.8. The molecule has 0 aliphatic heterocycles. The number of rotatable bonds is 6. The summed E-state index contributed by atoms with van der Waals surface area (Å²) in [6.45, 7) is 3.46. The zero-order chi connectivity index (χ0) is 15.8. The zero-order valence-corrected chi connectivity index (χ0v) is 13.8. The van der Waals surface area contributed by atoms with Crippen LogP contribution in [0.15, 0.2) is 30.3 Å². The Balaban J connectivity index is 1.92. The standard InChI is InChI=1S/C19H27NO2/c1-3-22-18-12-8-7-11-17(18)13-14-19(21)20(2)15-16-9-5-4-6-10-16/h7-8,11-14,16H,3-6,9-10,15H2,1-2H3/b14-13+. The summed E-state index contributed by atoms with van der Waals surface area (Å²) in [5, 5.41) is 0. The summed E-state index contributed by atoms with van der Waals surface area (Å²) in [5.41, 5.74) is 0.948. The van der Waals surface area contributed by atoms with E-state index in [1.54, 1.807) is 6.08 Å². The Morgan fingerprint density at radius 3 is 2.73 bits per heavy atom. The highest BCUT2D eigenvalue weighted by Crippen LogP contribution is 2.24. The van der Waals surface area contributed by atoms with Gasteiger partial charge in [0.15, 0.2) is 0 Å². The lowest BCUT2D eigenvalue weighted by atomic mass is 9.89. The summed E-state index contributed by atoms with van der Waals surface area (Å²) >= 11 is 0. The van der Waals surface area contributed by atoms with Gasteiger partial charge in [-0.15, -0.1) is 0 Å². The van der Waals surface area contributed by atoms with Crippen LogP contribution >= 0.6 is 0 Å². The maximum absolute atomic E-state index is 12.3. The van der Waals surface area contributed by atoms with Gasteiger partial charge in [-0.3, -0.25) is 4.79 Å². The fourth-order valence-corrected chi connectivity index (χ4v) is 3.04. The molecule has 0 aromatic heterocycles. The number of likely N-dealkylation sites (N-methyl/N-ethyl adjacent to an activating group) is 1. The molecule has 1 aromatic rings. The van der Waals surface area contributed by atoms with E-state index in [0.29, 0.717) is 12.5 Å². The van der Waals surface area contributed by atoms with Gasteiger partial charge in [0.25, 0.3) is 0 Å². The van der Waals surface area contributed by atoms with Crippen LogP contribution in [0, 0.1) is 5.92 Å². The molecule has 120 valence electrons. The number of benzene rings is 1. The first-order valence-electron chi connectivity index (χ1n) is 8.35. The first-order chi connectivity index (χ1) is 10.7. The SMILES string of the molecule is CCOc1ccccc1/C=C/C(=O)N(C)CC1CCCCC1. The second-order valence-electron chi connectivity index (χ2n) is 6.03. The Morgan fingerprint density at radius 2 is 2.00 bits per heavy atom. The molecule has 0 spiro atoms. The van der Waals surface area contributed by atoms with Gasteiger partial charge in [0, 0.05) is 25.2 Å². The van der Waals surface area contributed by atoms with Gasteiger partial charge in [0.1, 0.15) is 5.75 Å². The van der Waals surface area contributed by atoms with E-state index < -0.39 is 0 Å². The van der Waals surface area contributed by atoms with Crippen LogP contribution in [0.5, 0.6) is 5.75 Å². The van der Waals surface area contributed by atoms with E-state index in [1.807, 2.05) is 49.2 Å². The molecule has 0 N–H and O–H groups in total. The molecule has 1 aliphatic rings. The summed E-state index contributed by atoms with van der Waals surface area (Å²) in [4.78, 5) is 14.1. The lowest BCUT2D eigenvalue weighted by Gasteiger charge is -2.26. The second-order valence-corrected chi connectivity index (χ2v) is 6.03. The van der Waals surface area contributed by atoms with E-state index in [9.17, 15) is 4.79 Å². The van der Waals surface area contributed by atoms with Gasteiger partial charge in [0.05, 0.1) is 6.61 Å². The minimum absolute atomic E-state index is 0.0666. The van der Waals surface area contributed by atoms with Crippen molar-refractivity contribution >= 4 is 12.0 Å². The van der Waals surface area contributed by atoms with Crippen LogP contribution in [-0.4, -0.2) is 31.0 Å². The number of para-hydroxylation sites is 1. The predicted octanol–water partition coefficient (Wildman–Crippen LogP) is 4.14. The Hall–Kier alpha value is -1.77. The fourth-order valence-electron chi connectivity index (χ4n) is 3.04. The summed E-state index contributed by atoms with van der Waals surface area (Å²) in [6, 6.07) is 7.80. The van der Waals surface area contributed by atoms with Gasteiger partial charge >= 0.3 is 0 Å². The monoisotopic (exact) mass is 301 g/mol. The third-order valence-corrected chi connectivity index (χ3v) is 4.26. The van der Waals surface area contributed by atoms with Crippen molar-refractivity contribution in [1.29, 1.82) is 0 Å². The Kier molecular flexibility index (Phi) is 6.50. The predicted molar refractivity (Wildman–Crippen MR) is 90.9 cm³/mol. The molecule has 0 bridgehead atoms. The van der Waals surface area contributed by atoms with Crippen molar-refractivity contribution < 1.29 is 9.53 Å². The first-order valence-corrected chi connectivity index (χ1v) is 8.35. The quantitative estimate of drug-likeness (QED) is 0.739. The Morgan fingerprint density at radius 1 is 1.27 bits per heavy atom. The van der Waals surface area contributed by atoms with Gasteiger partial charge in [-0.25, -0.2) is 0 Å². The average molecular weight is 301 g/mol. The van der Waals surface area contributed by atoms with Crippen molar-refractivity contribution in [2.24, 2.45) is 5.92 Å². The second kappa shape index (κ2) is 8.62. The molecule has 3 nitrogen and oxygen atoms in total. The molecule has 1 saturated carbocycles. The van der Waals surface area contributed by atoms with E-state index >= 15 is 0 Å². The summed E-state index contributed by atoms with van der Waals surface area (Å²) in [7, 11) is 1.90. The van der Waals surface area contributed by atoms with E-state index in [4.69, 9.17) is 4.74 Å². The summed E-state index contributed by atoms with van der Waals surface area (Å²) in [6.07, 6.45) is 9.99. The van der Waals surface area contributed by atoms with Crippen LogP contribution < -0.4 is 4.74 Å². The molecule has 3 heteroatoms. The smallest absolute Gasteiger partial charge is 0.246 e. The number of hydrogen-bond acceptors (Lipinski definition) is 2. The van der Waals surface area contributed by atoms with Crippen molar-refractivity contribution in [3.8, 4) is 5.75 Å². The molecular weight excluding hydrogens is 274 g/mol. The van der Waals surface area contributed by atoms with Gasteiger partial charge in [0.2, 0.25) is 5.91 Å². The van der Waals surface area contributed by atoms with Crippen molar-refractivity contribution in [3.63, 3.8) is 0 Å². The van der Waals surface area contributed by atoms with E-state index in [-0.39, 0.29) is 5.91 Å². The topological polar surface area (TPSA) is 29.5 Å². The molecule has 1 aliphatic carbocycles. The van der Waals surface area contributed by atoms with Crippen LogP contribution in [0.3, 0.4) is 0 Å². The minimum atomic E-state index is 0.0666. The number of ether oxygens (including phenoxy) is 1. The highest BCUT2D eigenvalue weighted by molar-refractivity contribution is 5.92. The van der Waals surface area contributed by atoms with Crippen molar-refractivity contribution in [1.82, 2.24) is 4.90 Å². The number of carbonyl (C=O) groups is 1. The highest BCUT2D eigenvalue weighted by Gasteiger charge is 2.17. The number of carbonyl (C=O) groups excluding carboxylic acids is 1. The van der Waals surface area contributed by atoms with Crippen LogP contribution in [0.4, 0.5) is 0 Å². The van der Waals surface area contributed by atoms with E-state index in [1.165, 1.54) is 32.1 Å². The van der Waals surface area contributed by atoms with Gasteiger partial charge < -0.3 is 9.64 Å². The first kappa shape index (κ1) is 16.6. The van der Waals surface area contributed by atoms with Crippen LogP contribution in [0.1, 0.15) is 44.6 Å². The molecule has 22 heavy (non-hydrogen) atoms. The lowest BCUT2D eigenvalue weighted by molar-refractivity contribution is -0.125. The average Bonchev–Trinajstić information content (AvgIpc) is 2.55. The lowest BCUT2D eigenvalue weighted by Crippen LogP contribution is -2.31.